The number of imidazole rings is 1. The topological polar surface area (TPSA) is 62.1 Å². The number of ether oxygens (including phenoxy) is 2. The molecule has 0 atom stereocenters. The minimum absolute atomic E-state index is 0.417. The van der Waals surface area contributed by atoms with Crippen LogP contribution in [-0.2, 0) is 0 Å². The van der Waals surface area contributed by atoms with E-state index >= 15 is 0 Å². The number of rotatable bonds is 3. The van der Waals surface area contributed by atoms with E-state index in [-0.39, 0.29) is 0 Å². The molecule has 21 heavy (non-hydrogen) atoms. The summed E-state index contributed by atoms with van der Waals surface area (Å²) in [6.45, 7) is 1.87. The van der Waals surface area contributed by atoms with E-state index in [1.165, 1.54) is 0 Å². The molecule has 0 aliphatic carbocycles. The Labute approximate surface area is 126 Å². The van der Waals surface area contributed by atoms with Crippen LogP contribution in [0, 0.1) is 6.92 Å². The van der Waals surface area contributed by atoms with Crippen LogP contribution in [-0.4, -0.2) is 33.7 Å². The lowest BCUT2D eigenvalue weighted by atomic mass is 10.3. The molecule has 1 aromatic carbocycles. The second-order valence-corrected chi connectivity index (χ2v) is 4.76. The van der Waals surface area contributed by atoms with Crippen molar-refractivity contribution in [2.75, 3.05) is 14.2 Å². The molecule has 0 N–H and O–H groups in total. The number of fused-ring (bicyclic) bond motifs is 1. The Hall–Kier alpha value is -2.34. The van der Waals surface area contributed by atoms with Gasteiger partial charge >= 0.3 is 0 Å². The van der Waals surface area contributed by atoms with Gasteiger partial charge in [-0.15, -0.1) is 0 Å². The molecule has 0 unspecified atom stereocenters. The fourth-order valence-corrected chi connectivity index (χ4v) is 2.35. The molecule has 6 nitrogen and oxygen atoms in total. The van der Waals surface area contributed by atoms with Crippen molar-refractivity contribution in [3.8, 4) is 17.7 Å². The summed E-state index contributed by atoms with van der Waals surface area (Å²) in [5, 5.41) is 0.587. The van der Waals surface area contributed by atoms with E-state index in [4.69, 9.17) is 21.1 Å². The summed E-state index contributed by atoms with van der Waals surface area (Å²) in [5.74, 6) is 1.99. The van der Waals surface area contributed by atoms with Gasteiger partial charge in [-0.3, -0.25) is 4.57 Å². The largest absolute Gasteiger partial charge is 0.481 e. The number of nitrogens with zero attached hydrogens (tertiary/aromatic N) is 4. The van der Waals surface area contributed by atoms with Gasteiger partial charge in [-0.2, -0.15) is 9.97 Å². The van der Waals surface area contributed by atoms with E-state index in [0.29, 0.717) is 28.2 Å². The standard InChI is InChI=1S/C14H13ClN4O2/c1-8-16-13-9(15)5-4-6-10(13)19(8)14-17-11(20-2)7-12(18-14)21-3/h4-7H,1-3H3. The summed E-state index contributed by atoms with van der Waals surface area (Å²) in [4.78, 5) is 13.2. The predicted molar refractivity (Wildman–Crippen MR) is 79.5 cm³/mol. The number of aryl methyl sites for hydroxylation is 1. The lowest BCUT2D eigenvalue weighted by molar-refractivity contribution is 0.370. The van der Waals surface area contributed by atoms with Crippen LogP contribution >= 0.6 is 11.6 Å². The number of benzene rings is 1. The SMILES string of the molecule is COc1cc(OC)nc(-n2c(C)nc3c(Cl)cccc32)n1. The third kappa shape index (κ3) is 2.27. The Morgan fingerprint density at radius 1 is 1.05 bits per heavy atom. The van der Waals surface area contributed by atoms with Crippen molar-refractivity contribution >= 4 is 22.6 Å². The first-order chi connectivity index (χ1) is 10.1. The fraction of sp³-hybridized carbons (Fsp3) is 0.214. The molecule has 0 aliphatic heterocycles. The highest BCUT2D eigenvalue weighted by Gasteiger charge is 2.15. The third-order valence-corrected chi connectivity index (χ3v) is 3.39. The second kappa shape index (κ2) is 5.21. The number of halogens is 1. The minimum Gasteiger partial charge on any atom is -0.481 e. The highest BCUT2D eigenvalue weighted by atomic mass is 35.5. The second-order valence-electron chi connectivity index (χ2n) is 4.35. The Balaban J connectivity index is 2.30. The smallest absolute Gasteiger partial charge is 0.242 e. The summed E-state index contributed by atoms with van der Waals surface area (Å²) in [7, 11) is 3.09. The third-order valence-electron chi connectivity index (χ3n) is 3.09. The van der Waals surface area contributed by atoms with E-state index in [1.54, 1.807) is 26.4 Å². The number of aromatic nitrogens is 4. The fourth-order valence-electron chi connectivity index (χ4n) is 2.14. The van der Waals surface area contributed by atoms with Gasteiger partial charge in [0, 0.05) is 0 Å². The van der Waals surface area contributed by atoms with Crippen LogP contribution in [0.5, 0.6) is 11.8 Å². The molecular weight excluding hydrogens is 292 g/mol. The lowest BCUT2D eigenvalue weighted by Gasteiger charge is -2.08. The van der Waals surface area contributed by atoms with Crippen LogP contribution in [0.15, 0.2) is 24.3 Å². The zero-order valence-electron chi connectivity index (χ0n) is 11.8. The van der Waals surface area contributed by atoms with E-state index in [1.807, 2.05) is 23.6 Å². The summed E-state index contributed by atoms with van der Waals surface area (Å²) in [6, 6.07) is 7.19. The Morgan fingerprint density at radius 3 is 2.33 bits per heavy atom. The van der Waals surface area contributed by atoms with Crippen molar-refractivity contribution in [2.45, 2.75) is 6.92 Å². The maximum absolute atomic E-state index is 6.18. The minimum atomic E-state index is 0.417. The molecule has 0 amide bonds. The molecule has 3 rings (SSSR count). The van der Waals surface area contributed by atoms with Crippen molar-refractivity contribution < 1.29 is 9.47 Å². The first kappa shape index (κ1) is 13.6. The Morgan fingerprint density at radius 2 is 1.71 bits per heavy atom. The monoisotopic (exact) mass is 304 g/mol. The number of hydrogen-bond donors (Lipinski definition) is 0. The van der Waals surface area contributed by atoms with E-state index < -0.39 is 0 Å². The molecule has 0 saturated carbocycles. The van der Waals surface area contributed by atoms with Gasteiger partial charge in [-0.1, -0.05) is 17.7 Å². The maximum Gasteiger partial charge on any atom is 0.242 e. The first-order valence-electron chi connectivity index (χ1n) is 6.25. The zero-order valence-corrected chi connectivity index (χ0v) is 12.5. The number of methoxy groups -OCH3 is 2. The molecule has 7 heteroatoms. The molecular formula is C14H13ClN4O2. The molecule has 3 aromatic rings. The van der Waals surface area contributed by atoms with Crippen LogP contribution < -0.4 is 9.47 Å². The van der Waals surface area contributed by atoms with Crippen LogP contribution in [0.3, 0.4) is 0 Å². The van der Waals surface area contributed by atoms with Crippen molar-refractivity contribution in [2.24, 2.45) is 0 Å². The molecule has 0 saturated heterocycles. The highest BCUT2D eigenvalue weighted by molar-refractivity contribution is 6.34. The van der Waals surface area contributed by atoms with Gasteiger partial charge < -0.3 is 9.47 Å². The van der Waals surface area contributed by atoms with Crippen LogP contribution in [0.25, 0.3) is 17.0 Å². The molecule has 0 bridgehead atoms. The number of hydrogen-bond acceptors (Lipinski definition) is 5. The molecule has 0 radical (unpaired) electrons. The normalized spacial score (nSPS) is 10.9. The van der Waals surface area contributed by atoms with Crippen molar-refractivity contribution in [3.63, 3.8) is 0 Å². The molecule has 0 aliphatic rings. The van der Waals surface area contributed by atoms with Crippen molar-refractivity contribution in [1.29, 1.82) is 0 Å². The van der Waals surface area contributed by atoms with Gasteiger partial charge in [0.25, 0.3) is 0 Å². The summed E-state index contributed by atoms with van der Waals surface area (Å²) in [6.07, 6.45) is 0. The molecule has 2 aromatic heterocycles. The highest BCUT2D eigenvalue weighted by Crippen LogP contribution is 2.27. The molecule has 0 fully saturated rings. The van der Waals surface area contributed by atoms with Gasteiger partial charge in [-0.25, -0.2) is 4.98 Å². The quantitative estimate of drug-likeness (QED) is 0.744. The molecule has 0 spiro atoms. The van der Waals surface area contributed by atoms with Crippen LogP contribution in [0.4, 0.5) is 0 Å². The average Bonchev–Trinajstić information content (AvgIpc) is 2.84. The van der Waals surface area contributed by atoms with E-state index in [9.17, 15) is 0 Å². The number of para-hydroxylation sites is 1. The van der Waals surface area contributed by atoms with Gasteiger partial charge in [-0.05, 0) is 19.1 Å². The average molecular weight is 305 g/mol. The summed E-state index contributed by atoms with van der Waals surface area (Å²) in [5.41, 5.74) is 1.54. The van der Waals surface area contributed by atoms with Gasteiger partial charge in [0.2, 0.25) is 17.7 Å². The zero-order chi connectivity index (χ0) is 15.0. The predicted octanol–water partition coefficient (Wildman–Crippen LogP) is 2.79. The summed E-state index contributed by atoms with van der Waals surface area (Å²) >= 11 is 6.18. The van der Waals surface area contributed by atoms with Crippen LogP contribution in [0.1, 0.15) is 5.82 Å². The summed E-state index contributed by atoms with van der Waals surface area (Å²) < 4.78 is 12.2. The Kier molecular flexibility index (Phi) is 3.39. The van der Waals surface area contributed by atoms with Gasteiger partial charge in [0.15, 0.2) is 0 Å². The van der Waals surface area contributed by atoms with Gasteiger partial charge in [0.1, 0.15) is 11.3 Å². The molecule has 108 valence electrons. The van der Waals surface area contributed by atoms with Crippen molar-refractivity contribution in [3.05, 3.63) is 35.1 Å². The van der Waals surface area contributed by atoms with Crippen LogP contribution in [0.2, 0.25) is 5.02 Å². The van der Waals surface area contributed by atoms with Gasteiger partial charge in [0.05, 0.1) is 30.8 Å². The van der Waals surface area contributed by atoms with Crippen molar-refractivity contribution in [1.82, 2.24) is 19.5 Å². The van der Waals surface area contributed by atoms with E-state index in [2.05, 4.69) is 15.0 Å². The maximum atomic E-state index is 6.18. The molecule has 2 heterocycles. The lowest BCUT2D eigenvalue weighted by Crippen LogP contribution is -2.05. The Bertz CT molecular complexity index is 794. The van der Waals surface area contributed by atoms with E-state index in [0.717, 1.165) is 11.3 Å². The first-order valence-corrected chi connectivity index (χ1v) is 6.63.